The van der Waals surface area contributed by atoms with Crippen LogP contribution in [0.5, 0.6) is 5.75 Å². The quantitative estimate of drug-likeness (QED) is 0.813. The summed E-state index contributed by atoms with van der Waals surface area (Å²) in [5.41, 5.74) is 4.64. The number of aromatic hydroxyl groups is 1. The van der Waals surface area contributed by atoms with Crippen LogP contribution in [0.4, 0.5) is 13.2 Å². The van der Waals surface area contributed by atoms with Gasteiger partial charge < -0.3 is 10.8 Å². The van der Waals surface area contributed by atoms with Crippen LogP contribution in [0.15, 0.2) is 12.1 Å². The highest BCUT2D eigenvalue weighted by molar-refractivity contribution is 6.37. The maximum Gasteiger partial charge on any atom is 0.407 e. The lowest BCUT2D eigenvalue weighted by atomic mass is 10.1. The highest BCUT2D eigenvalue weighted by Crippen LogP contribution is 2.38. The first-order chi connectivity index (χ1) is 6.73. The second-order valence-electron chi connectivity index (χ2n) is 2.85. The van der Waals surface area contributed by atoms with Crippen LogP contribution in [0.3, 0.4) is 0 Å². The van der Waals surface area contributed by atoms with Crippen molar-refractivity contribution in [2.24, 2.45) is 5.73 Å². The minimum atomic E-state index is -4.58. The largest absolute Gasteiger partial charge is 0.505 e. The Bertz CT molecular complexity index is 358. The van der Waals surface area contributed by atoms with Crippen molar-refractivity contribution in [1.29, 1.82) is 0 Å². The fourth-order valence-electron chi connectivity index (χ4n) is 0.954. The third kappa shape index (κ3) is 2.68. The van der Waals surface area contributed by atoms with E-state index in [9.17, 15) is 13.2 Å². The van der Waals surface area contributed by atoms with Crippen molar-refractivity contribution in [1.82, 2.24) is 0 Å². The van der Waals surface area contributed by atoms with E-state index in [1.807, 2.05) is 0 Å². The molecule has 0 saturated heterocycles. The molecule has 0 aliphatic carbocycles. The van der Waals surface area contributed by atoms with E-state index in [2.05, 4.69) is 0 Å². The van der Waals surface area contributed by atoms with Gasteiger partial charge in [0.05, 0.1) is 10.0 Å². The lowest BCUT2D eigenvalue weighted by molar-refractivity contribution is -0.149. The molecule has 0 fully saturated rings. The number of rotatable bonds is 1. The molecule has 0 radical (unpaired) electrons. The molecule has 0 aromatic heterocycles. The smallest absolute Gasteiger partial charge is 0.407 e. The van der Waals surface area contributed by atoms with Crippen molar-refractivity contribution < 1.29 is 18.3 Å². The number of halogens is 5. The Kier molecular flexibility index (Phi) is 3.38. The highest BCUT2D eigenvalue weighted by Gasteiger charge is 2.38. The average molecular weight is 260 g/mol. The first-order valence-corrected chi connectivity index (χ1v) is 4.49. The zero-order valence-corrected chi connectivity index (χ0v) is 8.66. The minimum absolute atomic E-state index is 0.266. The van der Waals surface area contributed by atoms with E-state index >= 15 is 0 Å². The third-order valence-corrected chi connectivity index (χ3v) is 2.33. The van der Waals surface area contributed by atoms with E-state index in [-0.39, 0.29) is 15.6 Å². The Labute approximate surface area is 93.4 Å². The minimum Gasteiger partial charge on any atom is -0.505 e. The van der Waals surface area contributed by atoms with Crippen LogP contribution in [-0.2, 0) is 0 Å². The molecule has 1 aromatic rings. The van der Waals surface area contributed by atoms with Gasteiger partial charge in [-0.3, -0.25) is 0 Å². The summed E-state index contributed by atoms with van der Waals surface area (Å²) in [7, 11) is 0. The Morgan fingerprint density at radius 2 is 1.60 bits per heavy atom. The van der Waals surface area contributed by atoms with E-state index in [1.54, 1.807) is 0 Å². The standard InChI is InChI=1S/C8H6Cl2F3NO/c9-4-1-3(2-5(10)6(4)15)7(14)8(11,12)13/h1-2,7,15H,14H2/t7-/m0/s1. The molecule has 1 rings (SSSR count). The molecule has 0 amide bonds. The summed E-state index contributed by atoms with van der Waals surface area (Å²) in [5.74, 6) is -0.462. The molecular weight excluding hydrogens is 254 g/mol. The summed E-state index contributed by atoms with van der Waals surface area (Å²) in [5, 5.41) is 8.60. The predicted octanol–water partition coefficient (Wildman–Crippen LogP) is 3.26. The molecule has 0 bridgehead atoms. The van der Waals surface area contributed by atoms with Gasteiger partial charge in [-0.05, 0) is 17.7 Å². The SMILES string of the molecule is N[C@@H](c1cc(Cl)c(O)c(Cl)c1)C(F)(F)F. The van der Waals surface area contributed by atoms with Crippen molar-refractivity contribution in [2.75, 3.05) is 0 Å². The average Bonchev–Trinajstić information content (AvgIpc) is 2.10. The Morgan fingerprint density at radius 1 is 1.20 bits per heavy atom. The number of phenols is 1. The van der Waals surface area contributed by atoms with Crippen LogP contribution >= 0.6 is 23.2 Å². The van der Waals surface area contributed by atoms with Gasteiger partial charge in [-0.2, -0.15) is 13.2 Å². The van der Waals surface area contributed by atoms with Crippen molar-refractivity contribution in [2.45, 2.75) is 12.2 Å². The fourth-order valence-corrected chi connectivity index (χ4v) is 1.46. The second-order valence-corrected chi connectivity index (χ2v) is 3.67. The number of hydrogen-bond acceptors (Lipinski definition) is 2. The third-order valence-electron chi connectivity index (χ3n) is 1.75. The van der Waals surface area contributed by atoms with Crippen molar-refractivity contribution in [3.05, 3.63) is 27.7 Å². The molecule has 7 heteroatoms. The number of benzene rings is 1. The molecule has 0 aliphatic heterocycles. The maximum absolute atomic E-state index is 12.2. The number of phenolic OH excluding ortho intramolecular Hbond substituents is 1. The molecule has 1 atom stereocenters. The maximum atomic E-state index is 12.2. The van der Waals surface area contributed by atoms with Crippen molar-refractivity contribution in [3.8, 4) is 5.75 Å². The topological polar surface area (TPSA) is 46.2 Å². The van der Waals surface area contributed by atoms with Crippen LogP contribution in [-0.4, -0.2) is 11.3 Å². The molecule has 0 saturated carbocycles. The van der Waals surface area contributed by atoms with Crippen molar-refractivity contribution >= 4 is 23.2 Å². The van der Waals surface area contributed by atoms with Crippen LogP contribution in [0.2, 0.25) is 10.0 Å². The normalized spacial score (nSPS) is 14.0. The molecule has 0 aliphatic rings. The second kappa shape index (κ2) is 4.08. The lowest BCUT2D eigenvalue weighted by Gasteiger charge is -2.16. The van der Waals surface area contributed by atoms with Gasteiger partial charge in [-0.25, -0.2) is 0 Å². The predicted molar refractivity (Wildman–Crippen MR) is 51.1 cm³/mol. The van der Waals surface area contributed by atoms with E-state index in [1.165, 1.54) is 0 Å². The summed E-state index contributed by atoms with van der Waals surface area (Å²) in [4.78, 5) is 0. The van der Waals surface area contributed by atoms with Crippen LogP contribution in [0, 0.1) is 0 Å². The van der Waals surface area contributed by atoms with E-state index in [4.69, 9.17) is 34.0 Å². The van der Waals surface area contributed by atoms with Crippen LogP contribution < -0.4 is 5.73 Å². The van der Waals surface area contributed by atoms with Gasteiger partial charge in [0.25, 0.3) is 0 Å². The van der Waals surface area contributed by atoms with Gasteiger partial charge >= 0.3 is 6.18 Å². The molecule has 0 spiro atoms. The molecule has 2 nitrogen and oxygen atoms in total. The van der Waals surface area contributed by atoms with E-state index in [0.717, 1.165) is 12.1 Å². The zero-order valence-electron chi connectivity index (χ0n) is 7.15. The molecule has 0 unspecified atom stereocenters. The van der Waals surface area contributed by atoms with Gasteiger partial charge in [0.2, 0.25) is 0 Å². The van der Waals surface area contributed by atoms with Gasteiger partial charge in [-0.15, -0.1) is 0 Å². The Morgan fingerprint density at radius 3 is 1.93 bits per heavy atom. The van der Waals surface area contributed by atoms with E-state index < -0.39 is 18.0 Å². The van der Waals surface area contributed by atoms with Gasteiger partial charge in [0.15, 0.2) is 5.75 Å². The Hall–Kier alpha value is -0.650. The molecular formula is C8H6Cl2F3NO. The summed E-state index contributed by atoms with van der Waals surface area (Å²) >= 11 is 10.9. The van der Waals surface area contributed by atoms with Gasteiger partial charge in [0, 0.05) is 0 Å². The van der Waals surface area contributed by atoms with Crippen LogP contribution in [0.1, 0.15) is 11.6 Å². The lowest BCUT2D eigenvalue weighted by Crippen LogP contribution is -2.28. The molecule has 15 heavy (non-hydrogen) atoms. The number of hydrogen-bond donors (Lipinski definition) is 2. The summed E-state index contributed by atoms with van der Waals surface area (Å²) in [6.45, 7) is 0. The monoisotopic (exact) mass is 259 g/mol. The molecule has 1 aromatic carbocycles. The Balaban J connectivity index is 3.17. The molecule has 84 valence electrons. The number of alkyl halides is 3. The van der Waals surface area contributed by atoms with Crippen molar-refractivity contribution in [3.63, 3.8) is 0 Å². The zero-order chi connectivity index (χ0) is 11.8. The number of nitrogens with two attached hydrogens (primary N) is 1. The van der Waals surface area contributed by atoms with E-state index in [0.29, 0.717) is 0 Å². The summed E-state index contributed by atoms with van der Waals surface area (Å²) in [6.07, 6.45) is -4.58. The molecule has 3 N–H and O–H groups in total. The van der Waals surface area contributed by atoms with Gasteiger partial charge in [-0.1, -0.05) is 23.2 Å². The summed E-state index contributed by atoms with van der Waals surface area (Å²) < 4.78 is 36.7. The molecule has 0 heterocycles. The van der Waals surface area contributed by atoms with Gasteiger partial charge in [0.1, 0.15) is 6.04 Å². The first kappa shape index (κ1) is 12.4. The highest BCUT2D eigenvalue weighted by atomic mass is 35.5. The fraction of sp³-hybridized carbons (Fsp3) is 0.250. The first-order valence-electron chi connectivity index (χ1n) is 3.73. The summed E-state index contributed by atoms with van der Waals surface area (Å²) in [6, 6.07) is -0.310. The van der Waals surface area contributed by atoms with Crippen LogP contribution in [0.25, 0.3) is 0 Å².